The van der Waals surface area contributed by atoms with E-state index in [1.54, 1.807) is 6.92 Å². The van der Waals surface area contributed by atoms with E-state index in [2.05, 4.69) is 5.32 Å². The number of hydrogen-bond acceptors (Lipinski definition) is 3. The summed E-state index contributed by atoms with van der Waals surface area (Å²) in [5.41, 5.74) is 0.738. The number of carbonyl (C=O) groups excluding carboxylic acids is 2. The van der Waals surface area contributed by atoms with Gasteiger partial charge in [-0.15, -0.1) is 0 Å². The van der Waals surface area contributed by atoms with Crippen molar-refractivity contribution < 1.29 is 18.7 Å². The van der Waals surface area contributed by atoms with Gasteiger partial charge in [0.15, 0.2) is 6.61 Å². The number of rotatable bonds is 4. The molecular weight excluding hydrogens is 380 g/mol. The molecule has 0 saturated heterocycles. The normalized spacial score (nSPS) is 10.4. The molecule has 0 aromatic heterocycles. The average molecular weight is 391 g/mol. The maximum absolute atomic E-state index is 13.2. The molecule has 126 valence electrons. The summed E-state index contributed by atoms with van der Waals surface area (Å²) in [7, 11) is 0. The highest BCUT2D eigenvalue weighted by atomic mass is 35.5. The van der Waals surface area contributed by atoms with Crippen LogP contribution < -0.4 is 5.32 Å². The van der Waals surface area contributed by atoms with Crippen molar-refractivity contribution in [2.24, 2.45) is 0 Å². The molecule has 2 rings (SSSR count). The molecule has 2 aromatic carbocycles. The number of esters is 1. The number of ether oxygens (including phenoxy) is 1. The standard InChI is InChI=1S/C16H11Cl3FNO3/c1-8-2-3-10(20)6-11(8)16(23)24-7-14(22)21-15-12(18)4-9(17)5-13(15)19/h2-6H,7H2,1H3,(H,21,22). The number of halogens is 4. The minimum atomic E-state index is -0.810. The summed E-state index contributed by atoms with van der Waals surface area (Å²) < 4.78 is 18.1. The predicted molar refractivity (Wildman–Crippen MR) is 91.5 cm³/mol. The Balaban J connectivity index is 2.01. The summed E-state index contributed by atoms with van der Waals surface area (Å²) in [6, 6.07) is 6.53. The first-order valence-corrected chi connectivity index (χ1v) is 7.79. The molecule has 0 unspecified atom stereocenters. The van der Waals surface area contributed by atoms with Crippen LogP contribution in [0.25, 0.3) is 0 Å². The van der Waals surface area contributed by atoms with Crippen LogP contribution in [0.2, 0.25) is 15.1 Å². The third kappa shape index (κ3) is 4.60. The van der Waals surface area contributed by atoms with Gasteiger partial charge >= 0.3 is 5.97 Å². The van der Waals surface area contributed by atoms with Crippen molar-refractivity contribution in [1.29, 1.82) is 0 Å². The van der Waals surface area contributed by atoms with Crippen LogP contribution in [0, 0.1) is 12.7 Å². The molecular formula is C16H11Cl3FNO3. The molecule has 4 nitrogen and oxygen atoms in total. The lowest BCUT2D eigenvalue weighted by Crippen LogP contribution is -2.21. The van der Waals surface area contributed by atoms with Crippen LogP contribution in [-0.4, -0.2) is 18.5 Å². The molecule has 0 radical (unpaired) electrons. The van der Waals surface area contributed by atoms with Crippen LogP contribution in [-0.2, 0) is 9.53 Å². The summed E-state index contributed by atoms with van der Waals surface area (Å²) in [5, 5.41) is 3.03. The van der Waals surface area contributed by atoms with Gasteiger partial charge in [0.2, 0.25) is 0 Å². The molecule has 2 aromatic rings. The van der Waals surface area contributed by atoms with Crippen molar-refractivity contribution in [3.8, 4) is 0 Å². The average Bonchev–Trinajstić information content (AvgIpc) is 2.50. The molecule has 24 heavy (non-hydrogen) atoms. The van der Waals surface area contributed by atoms with Gasteiger partial charge in [0.1, 0.15) is 5.82 Å². The van der Waals surface area contributed by atoms with Crippen LogP contribution >= 0.6 is 34.8 Å². The molecule has 0 fully saturated rings. The summed E-state index contributed by atoms with van der Waals surface area (Å²) >= 11 is 17.7. The molecule has 0 atom stereocenters. The zero-order valence-electron chi connectivity index (χ0n) is 12.3. The number of amides is 1. The molecule has 0 aliphatic carbocycles. The zero-order valence-corrected chi connectivity index (χ0v) is 14.6. The number of benzene rings is 2. The lowest BCUT2D eigenvalue weighted by atomic mass is 10.1. The van der Waals surface area contributed by atoms with Crippen LogP contribution in [0.4, 0.5) is 10.1 Å². The van der Waals surface area contributed by atoms with Crippen molar-refractivity contribution >= 4 is 52.4 Å². The molecule has 1 N–H and O–H groups in total. The molecule has 0 spiro atoms. The van der Waals surface area contributed by atoms with Gasteiger partial charge in [-0.05, 0) is 36.8 Å². The number of hydrogen-bond donors (Lipinski definition) is 1. The van der Waals surface area contributed by atoms with Crippen LogP contribution in [0.1, 0.15) is 15.9 Å². The van der Waals surface area contributed by atoms with Crippen LogP contribution in [0.15, 0.2) is 30.3 Å². The highest BCUT2D eigenvalue weighted by molar-refractivity contribution is 6.42. The molecule has 0 saturated carbocycles. The minimum absolute atomic E-state index is 0.0466. The number of nitrogens with one attached hydrogen (secondary N) is 1. The molecule has 0 aliphatic heterocycles. The van der Waals surface area contributed by atoms with E-state index < -0.39 is 24.3 Å². The van der Waals surface area contributed by atoms with E-state index >= 15 is 0 Å². The fourth-order valence-corrected chi connectivity index (χ4v) is 2.77. The van der Waals surface area contributed by atoms with Crippen molar-refractivity contribution in [1.82, 2.24) is 0 Å². The third-order valence-electron chi connectivity index (χ3n) is 3.03. The van der Waals surface area contributed by atoms with Gasteiger partial charge in [-0.3, -0.25) is 4.79 Å². The highest BCUT2D eigenvalue weighted by Gasteiger charge is 2.16. The first-order valence-electron chi connectivity index (χ1n) is 6.65. The second-order valence-electron chi connectivity index (χ2n) is 4.83. The van der Waals surface area contributed by atoms with Crippen LogP contribution in [0.3, 0.4) is 0 Å². The lowest BCUT2D eigenvalue weighted by Gasteiger charge is -2.11. The third-order valence-corrected chi connectivity index (χ3v) is 3.84. The topological polar surface area (TPSA) is 55.4 Å². The van der Waals surface area contributed by atoms with Crippen molar-refractivity contribution in [2.75, 3.05) is 11.9 Å². The molecule has 0 bridgehead atoms. The Kier molecular flexibility index (Phi) is 6.04. The van der Waals surface area contributed by atoms with E-state index in [1.165, 1.54) is 24.3 Å². The fraction of sp³-hybridized carbons (Fsp3) is 0.125. The Hall–Kier alpha value is -1.82. The fourth-order valence-electron chi connectivity index (χ4n) is 1.86. The van der Waals surface area contributed by atoms with Gasteiger partial charge < -0.3 is 10.1 Å². The Bertz CT molecular complexity index is 788. The maximum Gasteiger partial charge on any atom is 0.339 e. The van der Waals surface area contributed by atoms with E-state index in [0.29, 0.717) is 10.6 Å². The SMILES string of the molecule is Cc1ccc(F)cc1C(=O)OCC(=O)Nc1c(Cl)cc(Cl)cc1Cl. The van der Waals surface area contributed by atoms with E-state index in [0.717, 1.165) is 6.07 Å². The summed E-state index contributed by atoms with van der Waals surface area (Å²) in [4.78, 5) is 23.8. The summed E-state index contributed by atoms with van der Waals surface area (Å²) in [5.74, 6) is -2.03. The highest BCUT2D eigenvalue weighted by Crippen LogP contribution is 2.33. The van der Waals surface area contributed by atoms with Gasteiger partial charge in [-0.1, -0.05) is 40.9 Å². The minimum Gasteiger partial charge on any atom is -0.452 e. The van der Waals surface area contributed by atoms with Gasteiger partial charge in [-0.2, -0.15) is 0 Å². The first-order chi connectivity index (χ1) is 11.3. The smallest absolute Gasteiger partial charge is 0.339 e. The van der Waals surface area contributed by atoms with E-state index in [-0.39, 0.29) is 21.3 Å². The largest absolute Gasteiger partial charge is 0.452 e. The molecule has 0 heterocycles. The number of carbonyl (C=O) groups is 2. The van der Waals surface area contributed by atoms with Gasteiger partial charge in [0.05, 0.1) is 21.3 Å². The van der Waals surface area contributed by atoms with Gasteiger partial charge in [-0.25, -0.2) is 9.18 Å². The second-order valence-corrected chi connectivity index (χ2v) is 6.08. The number of anilines is 1. The molecule has 8 heteroatoms. The van der Waals surface area contributed by atoms with Crippen molar-refractivity contribution in [2.45, 2.75) is 6.92 Å². The summed E-state index contributed by atoms with van der Waals surface area (Å²) in [6.45, 7) is 1.05. The van der Waals surface area contributed by atoms with Gasteiger partial charge in [0.25, 0.3) is 5.91 Å². The molecule has 1 amide bonds. The zero-order chi connectivity index (χ0) is 17.9. The maximum atomic E-state index is 13.2. The van der Waals surface area contributed by atoms with Crippen molar-refractivity contribution in [3.63, 3.8) is 0 Å². The summed E-state index contributed by atoms with van der Waals surface area (Å²) in [6.07, 6.45) is 0. The Labute approximate surface area is 152 Å². The second kappa shape index (κ2) is 7.83. The van der Waals surface area contributed by atoms with E-state index in [9.17, 15) is 14.0 Å². The Morgan fingerprint density at radius 3 is 2.38 bits per heavy atom. The van der Waals surface area contributed by atoms with Crippen LogP contribution in [0.5, 0.6) is 0 Å². The quantitative estimate of drug-likeness (QED) is 0.756. The Morgan fingerprint density at radius 1 is 1.12 bits per heavy atom. The lowest BCUT2D eigenvalue weighted by molar-refractivity contribution is -0.119. The van der Waals surface area contributed by atoms with E-state index in [1.807, 2.05) is 0 Å². The Morgan fingerprint density at radius 2 is 1.75 bits per heavy atom. The van der Waals surface area contributed by atoms with E-state index in [4.69, 9.17) is 39.5 Å². The predicted octanol–water partition coefficient (Wildman–Crippen LogP) is 4.89. The monoisotopic (exact) mass is 389 g/mol. The van der Waals surface area contributed by atoms with Crippen molar-refractivity contribution in [3.05, 3.63) is 62.3 Å². The molecule has 0 aliphatic rings. The number of aryl methyl sites for hydroxylation is 1. The van der Waals surface area contributed by atoms with Gasteiger partial charge in [0, 0.05) is 5.02 Å². The first kappa shape index (κ1) is 18.5.